The predicted octanol–water partition coefficient (Wildman–Crippen LogP) is 3.88. The molecule has 1 aromatic heterocycles. The number of aromatic amines is 1. The molecule has 0 radical (unpaired) electrons. The number of carbonyl (C=O) groups is 2. The van der Waals surface area contributed by atoms with Gasteiger partial charge in [0.05, 0.1) is 4.47 Å². The second kappa shape index (κ2) is 7.70. The first kappa shape index (κ1) is 18.1. The Balaban J connectivity index is 1.61. The fraction of sp³-hybridized carbons (Fsp3) is 0.158. The van der Waals surface area contributed by atoms with Crippen LogP contribution in [0, 0.1) is 5.82 Å². The molecule has 0 unspecified atom stereocenters. The van der Waals surface area contributed by atoms with Crippen LogP contribution in [0.25, 0.3) is 10.9 Å². The summed E-state index contributed by atoms with van der Waals surface area (Å²) in [6.07, 6.45) is 0. The first-order valence-electron chi connectivity index (χ1n) is 7.87. The van der Waals surface area contributed by atoms with Crippen LogP contribution in [-0.2, 0) is 16.1 Å². The molecule has 0 fully saturated rings. The van der Waals surface area contributed by atoms with Gasteiger partial charge in [0.15, 0.2) is 6.61 Å². The van der Waals surface area contributed by atoms with Gasteiger partial charge in [-0.3, -0.25) is 4.79 Å². The van der Waals surface area contributed by atoms with Crippen LogP contribution in [0.1, 0.15) is 16.1 Å². The van der Waals surface area contributed by atoms with Gasteiger partial charge in [-0.25, -0.2) is 9.18 Å². The van der Waals surface area contributed by atoms with Crippen molar-refractivity contribution in [1.82, 2.24) is 9.88 Å². The van der Waals surface area contributed by atoms with Crippen LogP contribution in [0.3, 0.4) is 0 Å². The molecule has 1 heterocycles. The number of nitrogens with zero attached hydrogens (tertiary/aromatic N) is 1. The summed E-state index contributed by atoms with van der Waals surface area (Å²) in [5.41, 5.74) is 1.71. The Morgan fingerprint density at radius 3 is 2.69 bits per heavy atom. The van der Waals surface area contributed by atoms with E-state index >= 15 is 0 Å². The number of amides is 1. The molecule has 5 nitrogen and oxygen atoms in total. The number of fused-ring (bicyclic) bond motifs is 1. The summed E-state index contributed by atoms with van der Waals surface area (Å²) in [7, 11) is 1.57. The first-order valence-corrected chi connectivity index (χ1v) is 8.66. The average molecular weight is 419 g/mol. The molecule has 0 bridgehead atoms. The Hall–Kier alpha value is -2.67. The lowest BCUT2D eigenvalue weighted by Gasteiger charge is -2.17. The number of nitrogens with one attached hydrogen (secondary N) is 1. The standard InChI is InChI=1S/C19H16BrFN2O3/c1-23(10-12-5-4-6-13(21)9-12)16(24)11-26-19(25)18-17(20)14-7-2-3-8-15(14)22-18/h2-9,22H,10-11H2,1H3. The monoisotopic (exact) mass is 418 g/mol. The summed E-state index contributed by atoms with van der Waals surface area (Å²) in [5, 5.41) is 0.856. The number of H-pyrrole nitrogens is 1. The molecular weight excluding hydrogens is 403 g/mol. The molecular formula is C19H16BrFN2O3. The highest BCUT2D eigenvalue weighted by atomic mass is 79.9. The second-order valence-electron chi connectivity index (χ2n) is 5.82. The molecule has 0 saturated heterocycles. The van der Waals surface area contributed by atoms with E-state index in [1.54, 1.807) is 19.2 Å². The zero-order chi connectivity index (χ0) is 18.7. The molecule has 3 rings (SSSR count). The molecule has 0 aliphatic carbocycles. The smallest absolute Gasteiger partial charge is 0.356 e. The van der Waals surface area contributed by atoms with Crippen LogP contribution < -0.4 is 0 Å². The van der Waals surface area contributed by atoms with E-state index in [-0.39, 0.29) is 24.0 Å². The average Bonchev–Trinajstić information content (AvgIpc) is 2.96. The Labute approximate surface area is 157 Å². The molecule has 0 saturated carbocycles. The zero-order valence-corrected chi connectivity index (χ0v) is 15.5. The maximum Gasteiger partial charge on any atom is 0.356 e. The highest BCUT2D eigenvalue weighted by Gasteiger charge is 2.19. The number of benzene rings is 2. The predicted molar refractivity (Wildman–Crippen MR) is 99.2 cm³/mol. The molecule has 26 heavy (non-hydrogen) atoms. The Morgan fingerprint density at radius 1 is 1.19 bits per heavy atom. The van der Waals surface area contributed by atoms with Crippen molar-refractivity contribution in [2.24, 2.45) is 0 Å². The van der Waals surface area contributed by atoms with Crippen molar-refractivity contribution in [2.75, 3.05) is 13.7 Å². The summed E-state index contributed by atoms with van der Waals surface area (Å²) >= 11 is 3.38. The summed E-state index contributed by atoms with van der Waals surface area (Å²) in [4.78, 5) is 28.8. The number of para-hydroxylation sites is 1. The third-order valence-electron chi connectivity index (χ3n) is 3.91. The molecule has 0 aliphatic heterocycles. The van der Waals surface area contributed by atoms with Crippen LogP contribution >= 0.6 is 15.9 Å². The molecule has 0 atom stereocenters. The number of esters is 1. The minimum Gasteiger partial charge on any atom is -0.451 e. The maximum atomic E-state index is 13.2. The third kappa shape index (κ3) is 3.94. The van der Waals surface area contributed by atoms with Crippen molar-refractivity contribution in [3.8, 4) is 0 Å². The largest absolute Gasteiger partial charge is 0.451 e. The fourth-order valence-electron chi connectivity index (χ4n) is 2.56. The van der Waals surface area contributed by atoms with Crippen molar-refractivity contribution < 1.29 is 18.7 Å². The van der Waals surface area contributed by atoms with Crippen LogP contribution in [0.4, 0.5) is 4.39 Å². The fourth-order valence-corrected chi connectivity index (χ4v) is 3.16. The van der Waals surface area contributed by atoms with Crippen LogP contribution in [0.2, 0.25) is 0 Å². The number of rotatable bonds is 5. The number of carbonyl (C=O) groups excluding carboxylic acids is 2. The summed E-state index contributed by atoms with van der Waals surface area (Å²) in [6, 6.07) is 13.4. The lowest BCUT2D eigenvalue weighted by Crippen LogP contribution is -2.31. The van der Waals surface area contributed by atoms with Gasteiger partial charge in [0, 0.05) is 24.5 Å². The van der Waals surface area contributed by atoms with E-state index in [4.69, 9.17) is 4.74 Å². The molecule has 1 N–H and O–H groups in total. The van der Waals surface area contributed by atoms with E-state index in [1.165, 1.54) is 17.0 Å². The van der Waals surface area contributed by atoms with E-state index in [1.807, 2.05) is 24.3 Å². The zero-order valence-electron chi connectivity index (χ0n) is 14.0. The van der Waals surface area contributed by atoms with Crippen molar-refractivity contribution in [3.05, 3.63) is 70.1 Å². The topological polar surface area (TPSA) is 62.4 Å². The summed E-state index contributed by atoms with van der Waals surface area (Å²) < 4.78 is 18.9. The first-order chi connectivity index (χ1) is 12.5. The lowest BCUT2D eigenvalue weighted by atomic mass is 10.2. The Bertz CT molecular complexity index is 970. The highest BCUT2D eigenvalue weighted by Crippen LogP contribution is 2.28. The Morgan fingerprint density at radius 2 is 1.96 bits per heavy atom. The molecule has 2 aromatic carbocycles. The SMILES string of the molecule is CN(Cc1cccc(F)c1)C(=O)COC(=O)c1[nH]c2ccccc2c1Br. The van der Waals surface area contributed by atoms with Crippen LogP contribution in [0.5, 0.6) is 0 Å². The normalized spacial score (nSPS) is 10.7. The van der Waals surface area contributed by atoms with Crippen molar-refractivity contribution in [2.45, 2.75) is 6.54 Å². The molecule has 0 aliphatic rings. The van der Waals surface area contributed by atoms with E-state index in [9.17, 15) is 14.0 Å². The molecule has 134 valence electrons. The number of hydrogen-bond acceptors (Lipinski definition) is 3. The van der Waals surface area contributed by atoms with Crippen molar-refractivity contribution in [1.29, 1.82) is 0 Å². The van der Waals surface area contributed by atoms with Gasteiger partial charge in [-0.2, -0.15) is 0 Å². The van der Waals surface area contributed by atoms with E-state index in [0.717, 1.165) is 10.9 Å². The summed E-state index contributed by atoms with van der Waals surface area (Å²) in [6.45, 7) is -0.170. The number of likely N-dealkylation sites (N-methyl/N-ethyl adjacent to an activating group) is 1. The number of aromatic nitrogens is 1. The van der Waals surface area contributed by atoms with Gasteiger partial charge in [0.1, 0.15) is 11.5 Å². The van der Waals surface area contributed by atoms with Gasteiger partial charge in [-0.1, -0.05) is 30.3 Å². The minimum absolute atomic E-state index is 0.226. The van der Waals surface area contributed by atoms with E-state index < -0.39 is 12.6 Å². The van der Waals surface area contributed by atoms with Crippen molar-refractivity contribution >= 4 is 38.7 Å². The van der Waals surface area contributed by atoms with Gasteiger partial charge in [-0.15, -0.1) is 0 Å². The molecule has 3 aromatic rings. The molecule has 7 heteroatoms. The van der Waals surface area contributed by atoms with Gasteiger partial charge >= 0.3 is 5.97 Å². The van der Waals surface area contributed by atoms with Crippen molar-refractivity contribution in [3.63, 3.8) is 0 Å². The number of ether oxygens (including phenoxy) is 1. The highest BCUT2D eigenvalue weighted by molar-refractivity contribution is 9.10. The van der Waals surface area contributed by atoms with Gasteiger partial charge < -0.3 is 14.6 Å². The maximum absolute atomic E-state index is 13.2. The quantitative estimate of drug-likeness (QED) is 0.639. The van der Waals surface area contributed by atoms with E-state index in [2.05, 4.69) is 20.9 Å². The minimum atomic E-state index is -0.624. The Kier molecular flexibility index (Phi) is 5.37. The van der Waals surface area contributed by atoms with Crippen LogP contribution in [0.15, 0.2) is 53.0 Å². The lowest BCUT2D eigenvalue weighted by molar-refractivity contribution is -0.133. The van der Waals surface area contributed by atoms with E-state index in [0.29, 0.717) is 10.0 Å². The third-order valence-corrected chi connectivity index (χ3v) is 4.73. The number of halogens is 2. The number of hydrogen-bond donors (Lipinski definition) is 1. The van der Waals surface area contributed by atoms with Gasteiger partial charge in [0.2, 0.25) is 0 Å². The van der Waals surface area contributed by atoms with Gasteiger partial charge in [-0.05, 0) is 39.7 Å². The van der Waals surface area contributed by atoms with Crippen LogP contribution in [-0.4, -0.2) is 35.4 Å². The van der Waals surface area contributed by atoms with Gasteiger partial charge in [0.25, 0.3) is 5.91 Å². The molecule has 0 spiro atoms. The molecule has 1 amide bonds. The summed E-state index contributed by atoms with van der Waals surface area (Å²) in [5.74, 6) is -1.37. The second-order valence-corrected chi connectivity index (χ2v) is 6.61.